The molecule has 0 spiro atoms. The van der Waals surface area contributed by atoms with Gasteiger partial charge in [-0.2, -0.15) is 5.10 Å². The molecule has 1 aromatic heterocycles. The van der Waals surface area contributed by atoms with E-state index in [2.05, 4.69) is 40.4 Å². The highest BCUT2D eigenvalue weighted by molar-refractivity contribution is 14.0. The summed E-state index contributed by atoms with van der Waals surface area (Å²) in [4.78, 5) is 4.37. The van der Waals surface area contributed by atoms with Crippen molar-refractivity contribution < 1.29 is 4.74 Å². The lowest BCUT2D eigenvalue weighted by molar-refractivity contribution is 0.0194. The van der Waals surface area contributed by atoms with E-state index in [9.17, 15) is 0 Å². The van der Waals surface area contributed by atoms with Crippen LogP contribution in [0.4, 0.5) is 0 Å². The number of fused-ring (bicyclic) bond motifs is 1. The average Bonchev–Trinajstić information content (AvgIpc) is 3.03. The van der Waals surface area contributed by atoms with E-state index in [1.807, 2.05) is 7.05 Å². The van der Waals surface area contributed by atoms with Crippen molar-refractivity contribution in [1.82, 2.24) is 20.4 Å². The van der Waals surface area contributed by atoms with Crippen LogP contribution >= 0.6 is 24.0 Å². The van der Waals surface area contributed by atoms with Gasteiger partial charge in [-0.3, -0.25) is 9.67 Å². The molecule has 1 aromatic rings. The second kappa shape index (κ2) is 9.75. The van der Waals surface area contributed by atoms with Gasteiger partial charge in [-0.15, -0.1) is 24.0 Å². The van der Waals surface area contributed by atoms with Crippen molar-refractivity contribution in [3.63, 3.8) is 0 Å². The molecule has 0 saturated carbocycles. The van der Waals surface area contributed by atoms with Crippen molar-refractivity contribution in [1.29, 1.82) is 0 Å². The summed E-state index contributed by atoms with van der Waals surface area (Å²) >= 11 is 0. The molecule has 6 nitrogen and oxygen atoms in total. The van der Waals surface area contributed by atoms with Crippen LogP contribution in [0, 0.1) is 0 Å². The predicted molar refractivity (Wildman–Crippen MR) is 112 cm³/mol. The summed E-state index contributed by atoms with van der Waals surface area (Å²) in [5.41, 5.74) is 2.64. The minimum Gasteiger partial charge on any atom is -0.376 e. The van der Waals surface area contributed by atoms with Crippen LogP contribution in [0.3, 0.4) is 0 Å². The zero-order chi connectivity index (χ0) is 16.9. The van der Waals surface area contributed by atoms with E-state index in [0.29, 0.717) is 18.2 Å². The minimum atomic E-state index is 0. The molecule has 142 valence electrons. The van der Waals surface area contributed by atoms with Crippen LogP contribution in [0.2, 0.25) is 0 Å². The first kappa shape index (κ1) is 20.5. The fourth-order valence-electron chi connectivity index (χ4n) is 3.47. The summed E-state index contributed by atoms with van der Waals surface area (Å²) in [6.07, 6.45) is 9.30. The maximum atomic E-state index is 5.78. The Morgan fingerprint density at radius 3 is 2.92 bits per heavy atom. The van der Waals surface area contributed by atoms with Gasteiger partial charge in [-0.1, -0.05) is 0 Å². The Kier molecular flexibility index (Phi) is 7.99. The smallest absolute Gasteiger partial charge is 0.191 e. The van der Waals surface area contributed by atoms with E-state index in [1.54, 1.807) is 0 Å². The summed E-state index contributed by atoms with van der Waals surface area (Å²) in [6.45, 7) is 6.07. The van der Waals surface area contributed by atoms with Crippen LogP contribution in [0.25, 0.3) is 0 Å². The van der Waals surface area contributed by atoms with Crippen molar-refractivity contribution >= 4 is 29.9 Å². The maximum absolute atomic E-state index is 5.78. The van der Waals surface area contributed by atoms with Gasteiger partial charge in [0, 0.05) is 44.9 Å². The molecule has 1 saturated heterocycles. The van der Waals surface area contributed by atoms with Crippen molar-refractivity contribution in [2.45, 2.75) is 70.6 Å². The quantitative estimate of drug-likeness (QED) is 0.411. The molecule has 25 heavy (non-hydrogen) atoms. The number of guanidine groups is 1. The monoisotopic (exact) mass is 461 g/mol. The molecule has 0 radical (unpaired) electrons. The minimum absolute atomic E-state index is 0. The van der Waals surface area contributed by atoms with E-state index in [1.165, 1.54) is 24.1 Å². The third-order valence-electron chi connectivity index (χ3n) is 4.96. The Bertz CT molecular complexity index is 566. The molecule has 1 fully saturated rings. The van der Waals surface area contributed by atoms with E-state index in [-0.39, 0.29) is 24.0 Å². The first-order valence-corrected chi connectivity index (χ1v) is 9.31. The summed E-state index contributed by atoms with van der Waals surface area (Å²) in [7, 11) is 1.83. The molecule has 2 N–H and O–H groups in total. The lowest BCUT2D eigenvalue weighted by atomic mass is 9.94. The second-order valence-electron chi connectivity index (χ2n) is 7.20. The normalized spacial score (nSPS) is 23.8. The zero-order valence-corrected chi connectivity index (χ0v) is 18.0. The number of hydrogen-bond donors (Lipinski definition) is 2. The lowest BCUT2D eigenvalue weighted by Gasteiger charge is -2.27. The van der Waals surface area contributed by atoms with E-state index in [4.69, 9.17) is 9.84 Å². The number of aliphatic imine (C=N–C) groups is 1. The van der Waals surface area contributed by atoms with Crippen LogP contribution in [0.1, 0.15) is 56.8 Å². The summed E-state index contributed by atoms with van der Waals surface area (Å²) in [5, 5.41) is 11.7. The van der Waals surface area contributed by atoms with Crippen LogP contribution in [-0.2, 0) is 17.6 Å². The van der Waals surface area contributed by atoms with Crippen molar-refractivity contribution in [3.05, 3.63) is 17.5 Å². The zero-order valence-electron chi connectivity index (χ0n) is 15.6. The van der Waals surface area contributed by atoms with Gasteiger partial charge in [0.2, 0.25) is 0 Å². The Hall–Kier alpha value is -0.830. The Morgan fingerprint density at radius 1 is 1.40 bits per heavy atom. The first-order valence-electron chi connectivity index (χ1n) is 9.31. The molecule has 2 atom stereocenters. The van der Waals surface area contributed by atoms with Crippen LogP contribution in [0.15, 0.2) is 11.2 Å². The summed E-state index contributed by atoms with van der Waals surface area (Å²) in [5.74, 6) is 0.876. The number of nitrogens with zero attached hydrogens (tertiary/aromatic N) is 3. The SMILES string of the molecule is CN=C(NCC1CCCCO1)NC1CCc2cn(C(C)C)nc2C1.I. The molecule has 0 amide bonds. The highest BCUT2D eigenvalue weighted by Crippen LogP contribution is 2.21. The second-order valence-corrected chi connectivity index (χ2v) is 7.20. The van der Waals surface area contributed by atoms with Gasteiger partial charge in [0.25, 0.3) is 0 Å². The molecule has 1 aliphatic carbocycles. The molecular weight excluding hydrogens is 429 g/mol. The maximum Gasteiger partial charge on any atom is 0.191 e. The molecule has 1 aliphatic heterocycles. The Morgan fingerprint density at radius 2 is 2.24 bits per heavy atom. The van der Waals surface area contributed by atoms with Gasteiger partial charge in [-0.25, -0.2) is 0 Å². The molecule has 2 unspecified atom stereocenters. The average molecular weight is 461 g/mol. The summed E-state index contributed by atoms with van der Waals surface area (Å²) < 4.78 is 7.86. The third kappa shape index (κ3) is 5.57. The molecule has 0 aromatic carbocycles. The van der Waals surface area contributed by atoms with Crippen molar-refractivity contribution in [2.24, 2.45) is 4.99 Å². The Labute approximate surface area is 168 Å². The number of hydrogen-bond acceptors (Lipinski definition) is 3. The highest BCUT2D eigenvalue weighted by atomic mass is 127. The van der Waals surface area contributed by atoms with Crippen LogP contribution in [-0.4, -0.2) is 48.1 Å². The van der Waals surface area contributed by atoms with Gasteiger partial charge < -0.3 is 15.4 Å². The van der Waals surface area contributed by atoms with Gasteiger partial charge in [-0.05, 0) is 51.5 Å². The topological polar surface area (TPSA) is 63.5 Å². The van der Waals surface area contributed by atoms with E-state index >= 15 is 0 Å². The molecule has 2 aliphatic rings. The molecule has 7 heteroatoms. The number of rotatable bonds is 4. The molecule has 3 rings (SSSR count). The first-order chi connectivity index (χ1) is 11.7. The number of nitrogens with one attached hydrogen (secondary N) is 2. The van der Waals surface area contributed by atoms with Crippen LogP contribution < -0.4 is 10.6 Å². The third-order valence-corrected chi connectivity index (χ3v) is 4.96. The van der Waals surface area contributed by atoms with Gasteiger partial charge in [0.05, 0.1) is 11.8 Å². The highest BCUT2D eigenvalue weighted by Gasteiger charge is 2.23. The largest absolute Gasteiger partial charge is 0.376 e. The van der Waals surface area contributed by atoms with Gasteiger partial charge in [0.1, 0.15) is 0 Å². The van der Waals surface area contributed by atoms with E-state index in [0.717, 1.165) is 44.8 Å². The predicted octanol–water partition coefficient (Wildman–Crippen LogP) is 2.67. The van der Waals surface area contributed by atoms with Gasteiger partial charge in [0.15, 0.2) is 5.96 Å². The van der Waals surface area contributed by atoms with Crippen molar-refractivity contribution in [2.75, 3.05) is 20.2 Å². The van der Waals surface area contributed by atoms with Crippen molar-refractivity contribution in [3.8, 4) is 0 Å². The molecular formula is C18H32IN5O. The lowest BCUT2D eigenvalue weighted by Crippen LogP contribution is -2.48. The van der Waals surface area contributed by atoms with Crippen LogP contribution in [0.5, 0.6) is 0 Å². The number of aryl methyl sites for hydroxylation is 1. The molecule has 2 heterocycles. The Balaban J connectivity index is 0.00000225. The fourth-order valence-corrected chi connectivity index (χ4v) is 3.47. The number of halogens is 1. The number of ether oxygens (including phenoxy) is 1. The van der Waals surface area contributed by atoms with E-state index < -0.39 is 0 Å². The summed E-state index contributed by atoms with van der Waals surface area (Å²) in [6, 6.07) is 0.818. The standard InChI is InChI=1S/C18H31N5O.HI/c1-13(2)23-12-14-7-8-15(10-17(14)22-23)21-18(19-3)20-11-16-6-4-5-9-24-16;/h12-13,15-16H,4-11H2,1-3H3,(H2,19,20,21);1H. The number of aromatic nitrogens is 2. The molecule has 0 bridgehead atoms. The van der Waals surface area contributed by atoms with Gasteiger partial charge >= 0.3 is 0 Å². The fraction of sp³-hybridized carbons (Fsp3) is 0.778.